The van der Waals surface area contributed by atoms with Gasteiger partial charge in [0.15, 0.2) is 5.81 Å². The fourth-order valence-corrected chi connectivity index (χ4v) is 3.89. The number of pyridine rings is 1. The maximum absolute atomic E-state index is 13.4. The summed E-state index contributed by atoms with van der Waals surface area (Å²) >= 11 is 0. The molecule has 7 nitrogen and oxygen atoms in total. The molecule has 0 spiro atoms. The smallest absolute Gasteiger partial charge is 0.213 e. The van der Waals surface area contributed by atoms with Gasteiger partial charge in [-0.2, -0.15) is 0 Å². The van der Waals surface area contributed by atoms with E-state index in [2.05, 4.69) is 15.1 Å². The summed E-state index contributed by atoms with van der Waals surface area (Å²) in [7, 11) is 5.71. The first-order chi connectivity index (χ1) is 14.5. The van der Waals surface area contributed by atoms with E-state index in [0.717, 1.165) is 18.4 Å². The summed E-state index contributed by atoms with van der Waals surface area (Å²) < 4.78 is 6.74. The number of benzene rings is 1. The summed E-state index contributed by atoms with van der Waals surface area (Å²) in [5.41, 5.74) is 3.79. The highest BCUT2D eigenvalue weighted by atomic mass is 16.5. The van der Waals surface area contributed by atoms with Crippen LogP contribution in [0.25, 0.3) is 22.2 Å². The van der Waals surface area contributed by atoms with Crippen LogP contribution in [0.2, 0.25) is 0 Å². The lowest BCUT2D eigenvalue weighted by Gasteiger charge is -2.09. The molecule has 1 fully saturated rings. The Morgan fingerprint density at radius 2 is 2.00 bits per heavy atom. The van der Waals surface area contributed by atoms with Crippen LogP contribution in [0.1, 0.15) is 52.1 Å². The van der Waals surface area contributed by atoms with Crippen molar-refractivity contribution in [3.05, 3.63) is 65.1 Å². The van der Waals surface area contributed by atoms with Crippen molar-refractivity contribution in [1.82, 2.24) is 19.7 Å². The minimum Gasteiger partial charge on any atom is -0.361 e. The number of imidazole rings is 1. The maximum atomic E-state index is 13.4. The fraction of sp³-hybridized carbons (Fsp3) is 0.227. The molecule has 4 aromatic rings. The molecule has 0 atom stereocenters. The number of nitrogens with zero attached hydrogens (tertiary/aromatic N) is 4. The van der Waals surface area contributed by atoms with Crippen LogP contribution in [-0.2, 0) is 0 Å². The second kappa shape index (κ2) is 6.76. The van der Waals surface area contributed by atoms with Gasteiger partial charge in [-0.3, -0.25) is 19.1 Å². The van der Waals surface area contributed by atoms with Gasteiger partial charge in [-0.1, -0.05) is 11.2 Å². The minimum atomic E-state index is -0.619. The van der Waals surface area contributed by atoms with Crippen molar-refractivity contribution in [3.8, 4) is 11.1 Å². The lowest BCUT2D eigenvalue weighted by molar-refractivity contribution is 0.103. The normalized spacial score (nSPS) is 13.7. The predicted molar refractivity (Wildman–Crippen MR) is 111 cm³/mol. The number of hydrogen-bond donors (Lipinski definition) is 0. The van der Waals surface area contributed by atoms with Crippen LogP contribution in [0.4, 0.5) is 4.79 Å². The van der Waals surface area contributed by atoms with Crippen molar-refractivity contribution < 1.29 is 14.1 Å². The average molecular weight is 396 g/mol. The van der Waals surface area contributed by atoms with Gasteiger partial charge < -0.3 is 4.52 Å². The second-order valence-corrected chi connectivity index (χ2v) is 7.55. The van der Waals surface area contributed by atoms with Crippen LogP contribution in [0.15, 0.2) is 41.1 Å². The van der Waals surface area contributed by atoms with E-state index in [1.807, 2.05) is 13.0 Å². The van der Waals surface area contributed by atoms with Gasteiger partial charge in [-0.05, 0) is 56.5 Å². The van der Waals surface area contributed by atoms with E-state index < -0.39 is 5.81 Å². The molecule has 1 aromatic carbocycles. The monoisotopic (exact) mass is 396 g/mol. The zero-order chi connectivity index (χ0) is 21.0. The largest absolute Gasteiger partial charge is 0.361 e. The molecule has 0 saturated heterocycles. The van der Waals surface area contributed by atoms with Crippen molar-refractivity contribution in [2.45, 2.75) is 32.6 Å². The number of rotatable bonds is 4. The Kier molecular flexibility index (Phi) is 4.16. The third-order valence-corrected chi connectivity index (χ3v) is 5.41. The number of aryl methyl sites for hydroxylation is 2. The Morgan fingerprint density at radius 1 is 1.20 bits per heavy atom. The van der Waals surface area contributed by atoms with E-state index in [-0.39, 0.29) is 11.7 Å². The van der Waals surface area contributed by atoms with Gasteiger partial charge in [0.25, 0.3) is 0 Å². The molecule has 1 aliphatic rings. The molecule has 146 valence electrons. The summed E-state index contributed by atoms with van der Waals surface area (Å²) in [5.74, 6) is 0.501. The Labute approximate surface area is 173 Å². The number of ketones is 1. The maximum Gasteiger partial charge on any atom is 0.213 e. The van der Waals surface area contributed by atoms with Crippen molar-refractivity contribution in [2.75, 3.05) is 0 Å². The zero-order valence-corrected chi connectivity index (χ0v) is 16.5. The summed E-state index contributed by atoms with van der Waals surface area (Å²) in [6.07, 6.45) is 3.45. The number of hydrogen-bond acceptors (Lipinski definition) is 6. The van der Waals surface area contributed by atoms with Gasteiger partial charge in [-0.15, -0.1) is 0 Å². The minimum absolute atomic E-state index is 0.171. The summed E-state index contributed by atoms with van der Waals surface area (Å²) in [4.78, 5) is 34.6. The fourth-order valence-electron chi connectivity index (χ4n) is 3.89. The lowest BCUT2D eigenvalue weighted by atomic mass is 9.97. The van der Waals surface area contributed by atoms with E-state index in [0.29, 0.717) is 45.1 Å². The van der Waals surface area contributed by atoms with E-state index in [1.165, 1.54) is 4.57 Å². The SMILES string of the molecule is [B]C(=O)n1c(C2CC2)nc2c(C(=O)c3ccccn3)cc(-c3c(C)noc3C)cc21. The lowest BCUT2D eigenvalue weighted by Crippen LogP contribution is -2.12. The van der Waals surface area contributed by atoms with Gasteiger partial charge in [0.1, 0.15) is 22.8 Å². The molecule has 1 aliphatic carbocycles. The molecule has 3 heterocycles. The molecule has 0 bridgehead atoms. The second-order valence-electron chi connectivity index (χ2n) is 7.55. The molecule has 0 unspecified atom stereocenters. The Morgan fingerprint density at radius 3 is 2.60 bits per heavy atom. The van der Waals surface area contributed by atoms with Crippen molar-refractivity contribution in [2.24, 2.45) is 0 Å². The van der Waals surface area contributed by atoms with Crippen LogP contribution < -0.4 is 0 Å². The summed E-state index contributed by atoms with van der Waals surface area (Å²) in [6, 6.07) is 8.75. The first-order valence-corrected chi connectivity index (χ1v) is 9.71. The third-order valence-electron chi connectivity index (χ3n) is 5.41. The molecule has 30 heavy (non-hydrogen) atoms. The van der Waals surface area contributed by atoms with Crippen LogP contribution in [0.5, 0.6) is 0 Å². The Bertz CT molecular complexity index is 1300. The first-order valence-electron chi connectivity index (χ1n) is 9.71. The highest BCUT2D eigenvalue weighted by molar-refractivity contribution is 6.58. The molecular formula is C22H17BN4O3. The highest BCUT2D eigenvalue weighted by Crippen LogP contribution is 2.42. The summed E-state index contributed by atoms with van der Waals surface area (Å²) in [5, 5.41) is 4.02. The van der Waals surface area contributed by atoms with E-state index in [1.54, 1.807) is 37.4 Å². The van der Waals surface area contributed by atoms with Crippen LogP contribution >= 0.6 is 0 Å². The van der Waals surface area contributed by atoms with Crippen molar-refractivity contribution in [1.29, 1.82) is 0 Å². The molecule has 0 aliphatic heterocycles. The van der Waals surface area contributed by atoms with Crippen LogP contribution in [0.3, 0.4) is 0 Å². The Balaban J connectivity index is 1.84. The third kappa shape index (κ3) is 2.87. The van der Waals surface area contributed by atoms with Gasteiger partial charge >= 0.3 is 0 Å². The average Bonchev–Trinajstić information content (AvgIpc) is 3.43. The van der Waals surface area contributed by atoms with Crippen molar-refractivity contribution in [3.63, 3.8) is 0 Å². The van der Waals surface area contributed by atoms with Gasteiger partial charge in [0.2, 0.25) is 13.6 Å². The van der Waals surface area contributed by atoms with Gasteiger partial charge in [0, 0.05) is 17.7 Å². The molecule has 2 radical (unpaired) electrons. The quantitative estimate of drug-likeness (QED) is 0.383. The van der Waals surface area contributed by atoms with Crippen molar-refractivity contribution >= 4 is 30.5 Å². The Hall–Kier alpha value is -3.55. The molecule has 0 amide bonds. The number of aromatic nitrogens is 4. The predicted octanol–water partition coefficient (Wildman–Crippen LogP) is 3.95. The van der Waals surface area contributed by atoms with Gasteiger partial charge in [0.05, 0.1) is 16.8 Å². The van der Waals surface area contributed by atoms with E-state index >= 15 is 0 Å². The molecule has 3 aromatic heterocycles. The highest BCUT2D eigenvalue weighted by Gasteiger charge is 2.32. The van der Waals surface area contributed by atoms with Crippen LogP contribution in [0, 0.1) is 13.8 Å². The first kappa shape index (κ1) is 18.5. The van der Waals surface area contributed by atoms with E-state index in [9.17, 15) is 9.59 Å². The molecular weight excluding hydrogens is 379 g/mol. The number of carbonyl (C=O) groups excluding carboxylic acids is 2. The molecule has 0 N–H and O–H groups in total. The molecule has 8 heteroatoms. The molecule has 1 saturated carbocycles. The van der Waals surface area contributed by atoms with E-state index in [4.69, 9.17) is 12.4 Å². The standard InChI is InChI=1S/C22H17BN4O3/c1-11-18(12(2)30-26-11)14-9-15(20(28)16-5-3-4-8-24-16)19-17(10-14)27(22(23)29)21(25-19)13-6-7-13/h3-5,8-10,13H,6-7H2,1-2H3. The summed E-state index contributed by atoms with van der Waals surface area (Å²) in [6.45, 7) is 3.64. The molecule has 5 rings (SSSR count). The number of fused-ring (bicyclic) bond motifs is 1. The number of carbonyl (C=O) groups is 2. The topological polar surface area (TPSA) is 90.9 Å². The zero-order valence-electron chi connectivity index (χ0n) is 16.5. The van der Waals surface area contributed by atoms with Crippen LogP contribution in [-0.4, -0.2) is 39.1 Å². The van der Waals surface area contributed by atoms with Gasteiger partial charge in [-0.25, -0.2) is 4.98 Å².